The molecular weight excluding hydrogens is 188 g/mol. The predicted molar refractivity (Wildman–Crippen MR) is 50.7 cm³/mol. The summed E-state index contributed by atoms with van der Waals surface area (Å²) in [5.41, 5.74) is 0.842. The molecule has 0 saturated heterocycles. The fraction of sp³-hybridized carbons (Fsp3) is 0.111. The highest BCUT2D eigenvalue weighted by atomic mass is 32.2. The smallest absolute Gasteiger partial charge is 0.157 e. The number of hydrogen-bond acceptors (Lipinski definition) is 2. The Bertz CT molecular complexity index is 447. The largest absolute Gasteiger partial charge is 0.471 e. The van der Waals surface area contributed by atoms with Gasteiger partial charge in [-0.15, -0.1) is 0 Å². The van der Waals surface area contributed by atoms with E-state index in [9.17, 15) is 4.21 Å². The summed E-state index contributed by atoms with van der Waals surface area (Å²) in [5, 5.41) is 1.97. The summed E-state index contributed by atoms with van der Waals surface area (Å²) < 4.78 is 24.2. The molecule has 2 aromatic rings. The van der Waals surface area contributed by atoms with Gasteiger partial charge in [0.15, 0.2) is 11.1 Å². The van der Waals surface area contributed by atoms with Gasteiger partial charge in [0, 0.05) is 10.8 Å². The first kappa shape index (κ1) is 8.47. The molecule has 2 rings (SSSR count). The zero-order valence-corrected chi connectivity index (χ0v) is 7.58. The van der Waals surface area contributed by atoms with Gasteiger partial charge in [0.2, 0.25) is 0 Å². The first-order valence-corrected chi connectivity index (χ1v) is 5.05. The molecule has 1 aromatic heterocycles. The Morgan fingerprint density at radius 2 is 2.08 bits per heavy atom. The van der Waals surface area contributed by atoms with E-state index in [1.807, 2.05) is 18.2 Å². The lowest BCUT2D eigenvalue weighted by Gasteiger charge is -1.96. The van der Waals surface area contributed by atoms with Crippen LogP contribution in [0.15, 0.2) is 35.1 Å². The van der Waals surface area contributed by atoms with Gasteiger partial charge in [-0.25, -0.2) is 4.21 Å². The van der Waals surface area contributed by atoms with Crippen LogP contribution >= 0.6 is 0 Å². The molecule has 1 atom stereocenters. The minimum atomic E-state index is -1.78. The molecule has 0 bridgehead atoms. The van der Waals surface area contributed by atoms with Crippen LogP contribution in [0.3, 0.4) is 0 Å². The molecule has 0 amide bonds. The standard InChI is InChI=1S/C9H8O3S/c10-13(11)6-7-1-2-8-4-12-5-9(8)3-7/h1-5H,6H2,(H,10,11). The van der Waals surface area contributed by atoms with E-state index in [4.69, 9.17) is 8.97 Å². The van der Waals surface area contributed by atoms with Crippen molar-refractivity contribution in [2.24, 2.45) is 0 Å². The van der Waals surface area contributed by atoms with Gasteiger partial charge in [-0.05, 0) is 11.6 Å². The first-order chi connectivity index (χ1) is 6.25. The fourth-order valence-corrected chi connectivity index (χ4v) is 1.71. The van der Waals surface area contributed by atoms with Gasteiger partial charge < -0.3 is 8.97 Å². The normalized spacial score (nSPS) is 13.3. The summed E-state index contributed by atoms with van der Waals surface area (Å²) in [6, 6.07) is 5.56. The summed E-state index contributed by atoms with van der Waals surface area (Å²) in [4.78, 5) is 0. The van der Waals surface area contributed by atoms with Gasteiger partial charge in [-0.3, -0.25) is 0 Å². The average molecular weight is 196 g/mol. The molecular formula is C9H8O3S. The van der Waals surface area contributed by atoms with Gasteiger partial charge in [0.05, 0.1) is 18.3 Å². The molecule has 1 aromatic carbocycles. The summed E-state index contributed by atoms with van der Waals surface area (Å²) in [5.74, 6) is 0.168. The Labute approximate surface area is 77.6 Å². The SMILES string of the molecule is O=S(O)Cc1ccc2cocc2c1. The highest BCUT2D eigenvalue weighted by Gasteiger charge is 2.00. The van der Waals surface area contributed by atoms with Crippen molar-refractivity contribution in [3.05, 3.63) is 36.3 Å². The highest BCUT2D eigenvalue weighted by molar-refractivity contribution is 7.78. The quantitative estimate of drug-likeness (QED) is 0.749. The van der Waals surface area contributed by atoms with Gasteiger partial charge in [-0.1, -0.05) is 12.1 Å². The number of rotatable bonds is 2. The van der Waals surface area contributed by atoms with Crippen molar-refractivity contribution >= 4 is 21.9 Å². The molecule has 4 heteroatoms. The van der Waals surface area contributed by atoms with Crippen LogP contribution in [0.2, 0.25) is 0 Å². The molecule has 0 fully saturated rings. The van der Waals surface area contributed by atoms with Crippen LogP contribution in [0.1, 0.15) is 5.56 Å². The lowest BCUT2D eigenvalue weighted by atomic mass is 10.1. The Hall–Kier alpha value is -1.13. The third kappa shape index (κ3) is 1.79. The van der Waals surface area contributed by atoms with E-state index in [1.54, 1.807) is 12.5 Å². The molecule has 1 N–H and O–H groups in total. The van der Waals surface area contributed by atoms with Gasteiger partial charge in [0.25, 0.3) is 0 Å². The second-order valence-corrected chi connectivity index (χ2v) is 3.73. The Kier molecular flexibility index (Phi) is 2.16. The molecule has 3 nitrogen and oxygen atoms in total. The Morgan fingerprint density at radius 3 is 2.85 bits per heavy atom. The molecule has 0 spiro atoms. The third-order valence-electron chi connectivity index (χ3n) is 1.83. The van der Waals surface area contributed by atoms with E-state index in [1.165, 1.54) is 0 Å². The van der Waals surface area contributed by atoms with Crippen LogP contribution in [0.25, 0.3) is 10.8 Å². The molecule has 0 aliphatic carbocycles. The second kappa shape index (κ2) is 3.32. The topological polar surface area (TPSA) is 50.4 Å². The Morgan fingerprint density at radius 1 is 1.31 bits per heavy atom. The lowest BCUT2D eigenvalue weighted by Crippen LogP contribution is -1.91. The summed E-state index contributed by atoms with van der Waals surface area (Å²) in [6.45, 7) is 0. The van der Waals surface area contributed by atoms with Crippen molar-refractivity contribution in [1.29, 1.82) is 0 Å². The molecule has 1 heterocycles. The van der Waals surface area contributed by atoms with E-state index in [-0.39, 0.29) is 5.75 Å². The van der Waals surface area contributed by atoms with Crippen molar-refractivity contribution in [3.8, 4) is 0 Å². The molecule has 68 valence electrons. The maximum Gasteiger partial charge on any atom is 0.157 e. The summed E-state index contributed by atoms with van der Waals surface area (Å²) in [6.07, 6.45) is 3.27. The van der Waals surface area contributed by atoms with Crippen LogP contribution in [0.5, 0.6) is 0 Å². The molecule has 13 heavy (non-hydrogen) atoms. The van der Waals surface area contributed by atoms with Crippen molar-refractivity contribution in [3.63, 3.8) is 0 Å². The zero-order chi connectivity index (χ0) is 9.26. The van der Waals surface area contributed by atoms with Gasteiger partial charge in [-0.2, -0.15) is 0 Å². The first-order valence-electron chi connectivity index (χ1n) is 3.78. The summed E-state index contributed by atoms with van der Waals surface area (Å²) >= 11 is -1.78. The minimum Gasteiger partial charge on any atom is -0.471 e. The maximum atomic E-state index is 10.5. The maximum absolute atomic E-state index is 10.5. The van der Waals surface area contributed by atoms with Crippen molar-refractivity contribution in [2.45, 2.75) is 5.75 Å². The fourth-order valence-electron chi connectivity index (χ4n) is 1.25. The number of benzene rings is 1. The van der Waals surface area contributed by atoms with Crippen LogP contribution in [0, 0.1) is 0 Å². The van der Waals surface area contributed by atoms with E-state index in [0.29, 0.717) is 0 Å². The van der Waals surface area contributed by atoms with E-state index >= 15 is 0 Å². The lowest BCUT2D eigenvalue weighted by molar-refractivity contribution is 0.563. The van der Waals surface area contributed by atoms with Crippen molar-refractivity contribution < 1.29 is 13.2 Å². The Balaban J connectivity index is 2.42. The monoisotopic (exact) mass is 196 g/mol. The van der Waals surface area contributed by atoms with Crippen molar-refractivity contribution in [2.75, 3.05) is 0 Å². The van der Waals surface area contributed by atoms with E-state index < -0.39 is 11.1 Å². The second-order valence-electron chi connectivity index (χ2n) is 2.80. The van der Waals surface area contributed by atoms with Gasteiger partial charge in [0.1, 0.15) is 0 Å². The van der Waals surface area contributed by atoms with Crippen LogP contribution < -0.4 is 0 Å². The van der Waals surface area contributed by atoms with Gasteiger partial charge >= 0.3 is 0 Å². The zero-order valence-electron chi connectivity index (χ0n) is 6.77. The molecule has 0 aliphatic rings. The van der Waals surface area contributed by atoms with Crippen LogP contribution in [0.4, 0.5) is 0 Å². The van der Waals surface area contributed by atoms with E-state index in [0.717, 1.165) is 16.3 Å². The number of furan rings is 1. The molecule has 0 saturated carbocycles. The van der Waals surface area contributed by atoms with Crippen LogP contribution in [-0.4, -0.2) is 8.76 Å². The van der Waals surface area contributed by atoms with Crippen molar-refractivity contribution in [1.82, 2.24) is 0 Å². The third-order valence-corrected chi connectivity index (χ3v) is 2.41. The number of hydrogen-bond donors (Lipinski definition) is 1. The van der Waals surface area contributed by atoms with Crippen LogP contribution in [-0.2, 0) is 16.8 Å². The predicted octanol–water partition coefficient (Wildman–Crippen LogP) is 2.15. The highest BCUT2D eigenvalue weighted by Crippen LogP contribution is 2.17. The summed E-state index contributed by atoms with van der Waals surface area (Å²) in [7, 11) is 0. The number of fused-ring (bicyclic) bond motifs is 1. The van der Waals surface area contributed by atoms with E-state index in [2.05, 4.69) is 0 Å². The molecule has 1 unspecified atom stereocenters. The molecule has 0 radical (unpaired) electrons. The molecule has 0 aliphatic heterocycles. The average Bonchev–Trinajstić information content (AvgIpc) is 2.49. The minimum absolute atomic E-state index is 0.168.